The summed E-state index contributed by atoms with van der Waals surface area (Å²) in [5.74, 6) is 0. The van der Waals surface area contributed by atoms with E-state index in [0.717, 1.165) is 16.0 Å². The molecule has 1 unspecified atom stereocenters. The van der Waals surface area contributed by atoms with Crippen molar-refractivity contribution in [2.45, 2.75) is 5.25 Å². The second kappa shape index (κ2) is 6.22. The Hall–Kier alpha value is -1.32. The maximum absolute atomic E-state index is 5.52. The summed E-state index contributed by atoms with van der Waals surface area (Å²) in [6, 6.07) is 18.4. The van der Waals surface area contributed by atoms with Gasteiger partial charge < -0.3 is 4.90 Å². The monoisotopic (exact) mass is 287 g/mol. The van der Waals surface area contributed by atoms with Crippen molar-refractivity contribution in [3.63, 3.8) is 0 Å². The second-order valence-electron chi connectivity index (χ2n) is 4.62. The summed E-state index contributed by atoms with van der Waals surface area (Å²) in [6.45, 7) is 0. The molecule has 0 amide bonds. The second-order valence-corrected chi connectivity index (χ2v) is 5.57. The lowest BCUT2D eigenvalue weighted by Gasteiger charge is -2.16. The van der Waals surface area contributed by atoms with Gasteiger partial charge in [-0.25, -0.2) is 0 Å². The van der Waals surface area contributed by atoms with Gasteiger partial charge in [0, 0.05) is 24.6 Å². The van der Waals surface area contributed by atoms with Crippen LogP contribution in [0, 0.1) is 0 Å². The van der Waals surface area contributed by atoms with E-state index in [1.807, 2.05) is 44.4 Å². The highest BCUT2D eigenvalue weighted by Gasteiger charge is 2.13. The summed E-state index contributed by atoms with van der Waals surface area (Å²) in [4.78, 5) is 2.94. The molecule has 2 aromatic rings. The third-order valence-electron chi connectivity index (χ3n) is 3.03. The van der Waals surface area contributed by atoms with Crippen LogP contribution in [0.25, 0.3) is 0 Å². The minimum Gasteiger partial charge on any atom is -0.378 e. The van der Waals surface area contributed by atoms with Crippen LogP contribution in [0.15, 0.2) is 54.6 Å². The van der Waals surface area contributed by atoms with Crippen LogP contribution in [0.5, 0.6) is 0 Å². The Bertz CT molecular complexity index is 547. The van der Waals surface area contributed by atoms with E-state index in [1.165, 1.54) is 5.69 Å². The molecule has 0 saturated heterocycles. The number of nitrogens with zero attached hydrogens (tertiary/aromatic N) is 1. The molecule has 1 nitrogen and oxygen atoms in total. The molecule has 0 fully saturated rings. The highest BCUT2D eigenvalue weighted by Crippen LogP contribution is 2.27. The van der Waals surface area contributed by atoms with Crippen LogP contribution in [0.4, 0.5) is 5.69 Å². The Balaban J connectivity index is 2.20. The van der Waals surface area contributed by atoms with E-state index in [2.05, 4.69) is 41.8 Å². The van der Waals surface area contributed by atoms with Crippen LogP contribution < -0.4 is 4.90 Å². The standard InChI is InChI=1S/C16H17NS2/c1-17(2)14-10-8-13(9-11-14)16(19)15(18)12-6-4-3-5-7-12/h3-11,16,19H,1-2H3. The average Bonchev–Trinajstić information content (AvgIpc) is 2.46. The molecule has 0 aliphatic rings. The molecule has 2 aromatic carbocycles. The summed E-state index contributed by atoms with van der Waals surface area (Å²) in [7, 11) is 4.06. The first-order valence-electron chi connectivity index (χ1n) is 6.14. The van der Waals surface area contributed by atoms with Crippen molar-refractivity contribution in [2.24, 2.45) is 0 Å². The van der Waals surface area contributed by atoms with Gasteiger partial charge in [-0.05, 0) is 23.3 Å². The minimum atomic E-state index is -0.0476. The fraction of sp³-hybridized carbons (Fsp3) is 0.188. The summed E-state index contributed by atoms with van der Waals surface area (Å²) in [5, 5.41) is -0.0476. The smallest absolute Gasteiger partial charge is 0.0624 e. The van der Waals surface area contributed by atoms with Crippen LogP contribution in [0.1, 0.15) is 16.4 Å². The Morgan fingerprint density at radius 1 is 1.00 bits per heavy atom. The zero-order valence-corrected chi connectivity index (χ0v) is 12.8. The normalized spacial score (nSPS) is 11.9. The van der Waals surface area contributed by atoms with Crippen LogP contribution in [-0.2, 0) is 0 Å². The molecule has 0 saturated carbocycles. The predicted octanol–water partition coefficient (Wildman–Crippen LogP) is 4.14. The van der Waals surface area contributed by atoms with E-state index in [1.54, 1.807) is 0 Å². The molecule has 19 heavy (non-hydrogen) atoms. The highest BCUT2D eigenvalue weighted by atomic mass is 32.1. The third-order valence-corrected chi connectivity index (χ3v) is 4.23. The maximum Gasteiger partial charge on any atom is 0.0624 e. The number of anilines is 1. The molecule has 0 bridgehead atoms. The van der Waals surface area contributed by atoms with Crippen LogP contribution >= 0.6 is 24.8 Å². The van der Waals surface area contributed by atoms with Gasteiger partial charge in [-0.15, -0.1) is 0 Å². The van der Waals surface area contributed by atoms with Crippen LogP contribution in [0.3, 0.4) is 0 Å². The number of hydrogen-bond acceptors (Lipinski definition) is 3. The number of hydrogen-bond donors (Lipinski definition) is 1. The summed E-state index contributed by atoms with van der Waals surface area (Å²) in [6.07, 6.45) is 0. The molecular weight excluding hydrogens is 270 g/mol. The maximum atomic E-state index is 5.52. The first-order valence-corrected chi connectivity index (χ1v) is 7.06. The SMILES string of the molecule is CN(C)c1ccc(C(S)C(=S)c2ccccc2)cc1. The van der Waals surface area contributed by atoms with Crippen LogP contribution in [-0.4, -0.2) is 19.0 Å². The van der Waals surface area contributed by atoms with Crippen molar-refractivity contribution in [2.75, 3.05) is 19.0 Å². The minimum absolute atomic E-state index is 0.0476. The van der Waals surface area contributed by atoms with E-state index in [4.69, 9.17) is 12.2 Å². The van der Waals surface area contributed by atoms with E-state index in [0.29, 0.717) is 0 Å². The Labute approximate surface area is 125 Å². The molecule has 0 N–H and O–H groups in total. The van der Waals surface area contributed by atoms with Gasteiger partial charge in [-0.1, -0.05) is 54.7 Å². The average molecular weight is 287 g/mol. The van der Waals surface area contributed by atoms with Gasteiger partial charge in [0.25, 0.3) is 0 Å². The molecular formula is C16H17NS2. The molecule has 2 rings (SSSR count). The molecule has 3 heteroatoms. The lowest BCUT2D eigenvalue weighted by Crippen LogP contribution is -2.09. The molecule has 0 radical (unpaired) electrons. The van der Waals surface area contributed by atoms with Gasteiger partial charge in [0.15, 0.2) is 0 Å². The first kappa shape index (κ1) is 14.1. The largest absolute Gasteiger partial charge is 0.378 e. The zero-order valence-electron chi connectivity index (χ0n) is 11.1. The van der Waals surface area contributed by atoms with E-state index in [9.17, 15) is 0 Å². The van der Waals surface area contributed by atoms with E-state index < -0.39 is 0 Å². The van der Waals surface area contributed by atoms with Crippen molar-refractivity contribution < 1.29 is 0 Å². The predicted molar refractivity (Wildman–Crippen MR) is 90.6 cm³/mol. The van der Waals surface area contributed by atoms with Crippen molar-refractivity contribution in [3.8, 4) is 0 Å². The molecule has 98 valence electrons. The van der Waals surface area contributed by atoms with Gasteiger partial charge in [0.2, 0.25) is 0 Å². The lowest BCUT2D eigenvalue weighted by atomic mass is 10.0. The summed E-state index contributed by atoms with van der Waals surface area (Å²) < 4.78 is 0. The lowest BCUT2D eigenvalue weighted by molar-refractivity contribution is 1.13. The van der Waals surface area contributed by atoms with E-state index in [-0.39, 0.29) is 5.25 Å². The highest BCUT2D eigenvalue weighted by molar-refractivity contribution is 7.86. The Morgan fingerprint density at radius 2 is 1.58 bits per heavy atom. The van der Waals surface area contributed by atoms with Crippen LogP contribution in [0.2, 0.25) is 0 Å². The number of rotatable bonds is 4. The quantitative estimate of drug-likeness (QED) is 0.511. The van der Waals surface area contributed by atoms with Gasteiger partial charge in [-0.2, -0.15) is 12.6 Å². The Kier molecular flexibility index (Phi) is 4.61. The van der Waals surface area contributed by atoms with E-state index >= 15 is 0 Å². The molecule has 0 aliphatic carbocycles. The van der Waals surface area contributed by atoms with Crippen molar-refractivity contribution in [3.05, 3.63) is 65.7 Å². The topological polar surface area (TPSA) is 3.24 Å². The van der Waals surface area contributed by atoms with Gasteiger partial charge in [0.1, 0.15) is 0 Å². The van der Waals surface area contributed by atoms with Crippen molar-refractivity contribution in [1.82, 2.24) is 0 Å². The van der Waals surface area contributed by atoms with Crippen molar-refractivity contribution in [1.29, 1.82) is 0 Å². The van der Waals surface area contributed by atoms with Gasteiger partial charge in [0.05, 0.1) is 5.25 Å². The summed E-state index contributed by atoms with van der Waals surface area (Å²) >= 11 is 10.2. The summed E-state index contributed by atoms with van der Waals surface area (Å²) in [5.41, 5.74) is 3.37. The number of thiol groups is 1. The molecule has 0 aromatic heterocycles. The Morgan fingerprint density at radius 3 is 2.11 bits per heavy atom. The first-order chi connectivity index (χ1) is 9.09. The van der Waals surface area contributed by atoms with Crippen molar-refractivity contribution >= 4 is 35.4 Å². The molecule has 0 spiro atoms. The number of thiocarbonyl (C=S) groups is 1. The number of benzene rings is 2. The third kappa shape index (κ3) is 3.37. The fourth-order valence-electron chi connectivity index (χ4n) is 1.87. The van der Waals surface area contributed by atoms with Gasteiger partial charge >= 0.3 is 0 Å². The molecule has 1 atom stereocenters. The molecule has 0 heterocycles. The molecule has 0 aliphatic heterocycles. The van der Waals surface area contributed by atoms with Gasteiger partial charge in [-0.3, -0.25) is 0 Å². The fourth-order valence-corrected chi connectivity index (χ4v) is 2.46. The zero-order chi connectivity index (χ0) is 13.8.